The number of aryl methyl sites for hydroxylation is 2. The number of nitrogens with zero attached hydrogens (tertiary/aromatic N) is 3. The van der Waals surface area contributed by atoms with E-state index in [1.807, 2.05) is 18.3 Å². The molecule has 4 heteroatoms. The van der Waals surface area contributed by atoms with Gasteiger partial charge in [0.2, 0.25) is 0 Å². The molecular formula is C17H24ClN3. The maximum Gasteiger partial charge on any atom is 0.159 e. The van der Waals surface area contributed by atoms with Crippen LogP contribution in [0.4, 0.5) is 0 Å². The van der Waals surface area contributed by atoms with Gasteiger partial charge in [-0.25, -0.2) is 9.97 Å². The van der Waals surface area contributed by atoms with E-state index in [1.54, 1.807) is 0 Å². The van der Waals surface area contributed by atoms with E-state index in [0.717, 1.165) is 41.8 Å². The van der Waals surface area contributed by atoms with Crippen LogP contribution in [0, 0.1) is 11.8 Å². The molecule has 3 rings (SSSR count). The Morgan fingerprint density at radius 3 is 2.86 bits per heavy atom. The normalized spacial score (nSPS) is 22.8. The molecule has 2 heterocycles. The van der Waals surface area contributed by atoms with E-state index in [4.69, 9.17) is 16.6 Å². The fourth-order valence-electron chi connectivity index (χ4n) is 3.45. The highest BCUT2D eigenvalue weighted by Crippen LogP contribution is 2.31. The van der Waals surface area contributed by atoms with Crippen LogP contribution in [0.3, 0.4) is 0 Å². The minimum Gasteiger partial charge on any atom is -0.313 e. The fraction of sp³-hybridized carbons (Fsp3) is 0.647. The van der Waals surface area contributed by atoms with E-state index >= 15 is 0 Å². The lowest BCUT2D eigenvalue weighted by Gasteiger charge is -2.26. The molecule has 0 saturated heterocycles. The summed E-state index contributed by atoms with van der Waals surface area (Å²) in [6, 6.07) is 3.99. The maximum absolute atomic E-state index is 5.93. The topological polar surface area (TPSA) is 30.7 Å². The second-order valence-corrected chi connectivity index (χ2v) is 6.76. The first-order valence-electron chi connectivity index (χ1n) is 8.14. The third kappa shape index (κ3) is 3.39. The fourth-order valence-corrected chi connectivity index (χ4v) is 3.61. The van der Waals surface area contributed by atoms with Crippen LogP contribution < -0.4 is 0 Å². The quantitative estimate of drug-likeness (QED) is 0.765. The minimum atomic E-state index is 0.615. The summed E-state index contributed by atoms with van der Waals surface area (Å²) in [4.78, 5) is 9.21. The van der Waals surface area contributed by atoms with Gasteiger partial charge in [0.05, 0.1) is 0 Å². The van der Waals surface area contributed by atoms with Crippen molar-refractivity contribution in [1.29, 1.82) is 0 Å². The number of alkyl halides is 1. The number of halogens is 1. The van der Waals surface area contributed by atoms with Gasteiger partial charge in [-0.2, -0.15) is 0 Å². The molecule has 2 aromatic heterocycles. The lowest BCUT2D eigenvalue weighted by Crippen LogP contribution is -2.15. The van der Waals surface area contributed by atoms with E-state index in [-0.39, 0.29) is 0 Å². The van der Waals surface area contributed by atoms with Crippen molar-refractivity contribution in [3.8, 4) is 0 Å². The summed E-state index contributed by atoms with van der Waals surface area (Å²) < 4.78 is 2.29. The summed E-state index contributed by atoms with van der Waals surface area (Å²) in [6.07, 6.45) is 9.46. The molecule has 0 N–H and O–H groups in total. The molecule has 0 bridgehead atoms. The van der Waals surface area contributed by atoms with Gasteiger partial charge < -0.3 is 4.57 Å². The molecule has 1 aliphatic carbocycles. The van der Waals surface area contributed by atoms with Crippen LogP contribution in [0.2, 0.25) is 0 Å². The predicted molar refractivity (Wildman–Crippen MR) is 87.7 cm³/mol. The molecule has 1 aliphatic rings. The van der Waals surface area contributed by atoms with Gasteiger partial charge in [0.25, 0.3) is 0 Å². The Hall–Kier alpha value is -1.09. The molecule has 0 unspecified atom stereocenters. The summed E-state index contributed by atoms with van der Waals surface area (Å²) >= 11 is 5.93. The van der Waals surface area contributed by atoms with Gasteiger partial charge in [-0.05, 0) is 30.4 Å². The highest BCUT2D eigenvalue weighted by molar-refractivity contribution is 6.17. The summed E-state index contributed by atoms with van der Waals surface area (Å²) in [6.45, 7) is 3.40. The number of fused-ring (bicyclic) bond motifs is 1. The Morgan fingerprint density at radius 2 is 2.10 bits per heavy atom. The van der Waals surface area contributed by atoms with Crippen molar-refractivity contribution in [2.45, 2.75) is 52.0 Å². The zero-order chi connectivity index (χ0) is 14.7. The Balaban J connectivity index is 1.74. The SMILES string of the molecule is CC1CCC(CCn2c(CCCl)nc3cccnc32)CC1. The van der Waals surface area contributed by atoms with Crippen LogP contribution in [0.25, 0.3) is 11.2 Å². The molecule has 1 fully saturated rings. The second-order valence-electron chi connectivity index (χ2n) is 6.38. The first-order valence-corrected chi connectivity index (χ1v) is 8.67. The lowest BCUT2D eigenvalue weighted by atomic mass is 9.81. The van der Waals surface area contributed by atoms with E-state index in [9.17, 15) is 0 Å². The van der Waals surface area contributed by atoms with Crippen molar-refractivity contribution in [1.82, 2.24) is 14.5 Å². The van der Waals surface area contributed by atoms with Crippen molar-refractivity contribution in [2.24, 2.45) is 11.8 Å². The van der Waals surface area contributed by atoms with Gasteiger partial charge >= 0.3 is 0 Å². The highest BCUT2D eigenvalue weighted by atomic mass is 35.5. The van der Waals surface area contributed by atoms with Crippen LogP contribution >= 0.6 is 11.6 Å². The Bertz CT molecular complexity index is 585. The maximum atomic E-state index is 5.93. The summed E-state index contributed by atoms with van der Waals surface area (Å²) in [5.41, 5.74) is 2.01. The molecule has 3 nitrogen and oxygen atoms in total. The molecule has 1 saturated carbocycles. The highest BCUT2D eigenvalue weighted by Gasteiger charge is 2.19. The molecule has 0 aliphatic heterocycles. The van der Waals surface area contributed by atoms with Gasteiger partial charge in [0.1, 0.15) is 11.3 Å². The van der Waals surface area contributed by atoms with Crippen LogP contribution in [-0.4, -0.2) is 20.4 Å². The average Bonchev–Trinajstić information content (AvgIpc) is 2.85. The molecule has 0 aromatic carbocycles. The Labute approximate surface area is 131 Å². The van der Waals surface area contributed by atoms with Crippen molar-refractivity contribution in [3.63, 3.8) is 0 Å². The van der Waals surface area contributed by atoms with Crippen molar-refractivity contribution in [3.05, 3.63) is 24.2 Å². The zero-order valence-electron chi connectivity index (χ0n) is 12.8. The van der Waals surface area contributed by atoms with E-state index < -0.39 is 0 Å². The third-order valence-electron chi connectivity index (χ3n) is 4.80. The molecule has 114 valence electrons. The van der Waals surface area contributed by atoms with E-state index in [2.05, 4.69) is 16.5 Å². The molecule has 0 radical (unpaired) electrons. The minimum absolute atomic E-state index is 0.615. The van der Waals surface area contributed by atoms with E-state index in [0.29, 0.717) is 5.88 Å². The van der Waals surface area contributed by atoms with Gasteiger partial charge in [-0.15, -0.1) is 11.6 Å². The van der Waals surface area contributed by atoms with E-state index in [1.165, 1.54) is 32.1 Å². The predicted octanol–water partition coefficient (Wildman–Crippen LogP) is 4.43. The van der Waals surface area contributed by atoms with Crippen LogP contribution in [0.5, 0.6) is 0 Å². The van der Waals surface area contributed by atoms with Crippen LogP contribution in [0.15, 0.2) is 18.3 Å². The molecular weight excluding hydrogens is 282 g/mol. The number of pyridine rings is 1. The molecule has 0 amide bonds. The Kier molecular flexibility index (Phi) is 4.79. The van der Waals surface area contributed by atoms with Gasteiger partial charge in [-0.1, -0.05) is 32.6 Å². The summed E-state index contributed by atoms with van der Waals surface area (Å²) in [5.74, 6) is 3.49. The summed E-state index contributed by atoms with van der Waals surface area (Å²) in [7, 11) is 0. The number of rotatable bonds is 5. The first-order chi connectivity index (χ1) is 10.3. The van der Waals surface area contributed by atoms with Crippen LogP contribution in [0.1, 0.15) is 44.9 Å². The zero-order valence-corrected chi connectivity index (χ0v) is 13.5. The smallest absolute Gasteiger partial charge is 0.159 e. The van der Waals surface area contributed by atoms with Gasteiger partial charge in [-0.3, -0.25) is 0 Å². The lowest BCUT2D eigenvalue weighted by molar-refractivity contribution is 0.269. The third-order valence-corrected chi connectivity index (χ3v) is 4.99. The number of imidazole rings is 1. The molecule has 2 aromatic rings. The number of hydrogen-bond donors (Lipinski definition) is 0. The van der Waals surface area contributed by atoms with Crippen molar-refractivity contribution >= 4 is 22.8 Å². The Morgan fingerprint density at radius 1 is 1.29 bits per heavy atom. The van der Waals surface area contributed by atoms with Crippen molar-refractivity contribution in [2.75, 3.05) is 5.88 Å². The molecule has 0 atom stereocenters. The molecule has 0 spiro atoms. The monoisotopic (exact) mass is 305 g/mol. The second kappa shape index (κ2) is 6.78. The standard InChI is InChI=1S/C17H24ClN3/c1-13-4-6-14(7-5-13)9-12-21-16(8-10-18)20-15-3-2-11-19-17(15)21/h2-3,11,13-14H,4-10,12H2,1H3. The van der Waals surface area contributed by atoms with Crippen LogP contribution in [-0.2, 0) is 13.0 Å². The van der Waals surface area contributed by atoms with Crippen molar-refractivity contribution < 1.29 is 0 Å². The average molecular weight is 306 g/mol. The molecule has 21 heavy (non-hydrogen) atoms. The summed E-state index contributed by atoms with van der Waals surface area (Å²) in [5, 5.41) is 0. The number of aromatic nitrogens is 3. The number of hydrogen-bond acceptors (Lipinski definition) is 2. The van der Waals surface area contributed by atoms with Gasteiger partial charge in [0.15, 0.2) is 5.65 Å². The largest absolute Gasteiger partial charge is 0.313 e. The van der Waals surface area contributed by atoms with Gasteiger partial charge in [0, 0.05) is 25.0 Å². The first kappa shape index (κ1) is 14.8.